The maximum atomic E-state index is 13.8. The van der Waals surface area contributed by atoms with Gasteiger partial charge in [-0.2, -0.15) is 0 Å². The quantitative estimate of drug-likeness (QED) is 0.413. The molecule has 2 amide bonds. The summed E-state index contributed by atoms with van der Waals surface area (Å²) < 4.78 is 17.3. The Hall–Kier alpha value is -3.36. The van der Waals surface area contributed by atoms with Gasteiger partial charge in [0, 0.05) is 36.2 Å². The van der Waals surface area contributed by atoms with E-state index in [2.05, 4.69) is 11.4 Å². The molecule has 2 aliphatic heterocycles. The molecule has 0 aliphatic carbocycles. The third kappa shape index (κ3) is 5.97. The van der Waals surface area contributed by atoms with Crippen LogP contribution in [0.2, 0.25) is 0 Å². The van der Waals surface area contributed by atoms with Gasteiger partial charge in [-0.1, -0.05) is 24.3 Å². The Bertz CT molecular complexity index is 1210. The van der Waals surface area contributed by atoms with Gasteiger partial charge in [-0.25, -0.2) is 0 Å². The molecule has 0 saturated carbocycles. The summed E-state index contributed by atoms with van der Waals surface area (Å²) in [7, 11) is 1.62. The topological polar surface area (TPSA) is 68.3 Å². The average Bonchev–Trinajstić information content (AvgIpc) is 3.64. The standard InChI is InChI=1S/C29H32N2O5S/c1-34-22-9-5-10-23(17-22)36-20-26-25-13-16-37-27(25)12-14-31(26)28(32)19-30(18-24-11-6-15-35-24)29(33)21-7-3-2-4-8-21/h2-5,7-10,13,16-17,24,26H,6,11-12,14-15,18-20H2,1H3/t24-,26+/m1/s1. The summed E-state index contributed by atoms with van der Waals surface area (Å²) in [4.78, 5) is 32.0. The SMILES string of the molecule is COc1cccc(OC[C@H]2c3ccsc3CCN2C(=O)CN(C[C@H]2CCCO2)C(=O)c2ccccc2)c1. The smallest absolute Gasteiger partial charge is 0.254 e. The van der Waals surface area contributed by atoms with Gasteiger partial charge in [0.15, 0.2) is 0 Å². The number of carbonyl (C=O) groups is 2. The first-order valence-electron chi connectivity index (χ1n) is 12.7. The van der Waals surface area contributed by atoms with E-state index in [1.807, 2.05) is 47.4 Å². The zero-order valence-corrected chi connectivity index (χ0v) is 21.8. The lowest BCUT2D eigenvalue weighted by atomic mass is 10.00. The van der Waals surface area contributed by atoms with Crippen molar-refractivity contribution in [3.8, 4) is 11.5 Å². The molecule has 3 heterocycles. The zero-order valence-electron chi connectivity index (χ0n) is 21.0. The number of nitrogens with zero attached hydrogens (tertiary/aromatic N) is 2. The van der Waals surface area contributed by atoms with Crippen molar-refractivity contribution in [2.45, 2.75) is 31.4 Å². The third-order valence-corrected chi connectivity index (χ3v) is 7.94. The number of ether oxygens (including phenoxy) is 3. The first-order chi connectivity index (χ1) is 18.1. The number of rotatable bonds is 9. The van der Waals surface area contributed by atoms with Crippen molar-refractivity contribution >= 4 is 23.2 Å². The van der Waals surface area contributed by atoms with Gasteiger partial charge in [-0.3, -0.25) is 9.59 Å². The molecule has 5 rings (SSSR count). The Morgan fingerprint density at radius 2 is 1.95 bits per heavy atom. The van der Waals surface area contributed by atoms with Crippen molar-refractivity contribution in [1.82, 2.24) is 9.80 Å². The summed E-state index contributed by atoms with van der Waals surface area (Å²) in [6.45, 7) is 2.01. The van der Waals surface area contributed by atoms with Gasteiger partial charge in [0.25, 0.3) is 5.91 Å². The Balaban J connectivity index is 1.34. The molecule has 0 radical (unpaired) electrons. The van der Waals surface area contributed by atoms with Crippen molar-refractivity contribution in [1.29, 1.82) is 0 Å². The fraction of sp³-hybridized carbons (Fsp3) is 0.379. The summed E-state index contributed by atoms with van der Waals surface area (Å²) in [5.41, 5.74) is 1.69. The van der Waals surface area contributed by atoms with E-state index in [4.69, 9.17) is 14.2 Å². The van der Waals surface area contributed by atoms with Crippen LogP contribution in [0.25, 0.3) is 0 Å². The van der Waals surface area contributed by atoms with Crippen LogP contribution in [0.1, 0.15) is 39.7 Å². The second-order valence-corrected chi connectivity index (χ2v) is 10.3. The minimum absolute atomic E-state index is 0.00270. The van der Waals surface area contributed by atoms with Gasteiger partial charge < -0.3 is 24.0 Å². The van der Waals surface area contributed by atoms with Crippen molar-refractivity contribution < 1.29 is 23.8 Å². The molecule has 2 aliphatic rings. The van der Waals surface area contributed by atoms with Crippen LogP contribution >= 0.6 is 11.3 Å². The number of carbonyl (C=O) groups excluding carboxylic acids is 2. The number of fused-ring (bicyclic) bond motifs is 1. The molecule has 2 atom stereocenters. The van der Waals surface area contributed by atoms with Crippen LogP contribution in [0, 0.1) is 0 Å². The lowest BCUT2D eigenvalue weighted by Gasteiger charge is -2.37. The lowest BCUT2D eigenvalue weighted by molar-refractivity contribution is -0.135. The number of amides is 2. The van der Waals surface area contributed by atoms with E-state index < -0.39 is 0 Å². The third-order valence-electron chi connectivity index (χ3n) is 6.95. The Labute approximate surface area is 221 Å². The molecule has 37 heavy (non-hydrogen) atoms. The van der Waals surface area contributed by atoms with Crippen LogP contribution in [0.3, 0.4) is 0 Å². The Kier molecular flexibility index (Phi) is 8.06. The molecule has 0 bridgehead atoms. The number of hydrogen-bond acceptors (Lipinski definition) is 6. The van der Waals surface area contributed by atoms with Crippen LogP contribution in [0.5, 0.6) is 11.5 Å². The minimum atomic E-state index is -0.231. The molecule has 0 spiro atoms. The molecular formula is C29H32N2O5S. The molecule has 2 aromatic carbocycles. The molecule has 0 N–H and O–H groups in total. The van der Waals surface area contributed by atoms with Crippen molar-refractivity contribution in [3.05, 3.63) is 82.0 Å². The van der Waals surface area contributed by atoms with Crippen molar-refractivity contribution in [2.24, 2.45) is 0 Å². The Morgan fingerprint density at radius 1 is 1.11 bits per heavy atom. The zero-order chi connectivity index (χ0) is 25.6. The highest BCUT2D eigenvalue weighted by Crippen LogP contribution is 2.34. The molecule has 1 aromatic heterocycles. The average molecular weight is 521 g/mol. The van der Waals surface area contributed by atoms with Gasteiger partial charge >= 0.3 is 0 Å². The molecule has 1 fully saturated rings. The summed E-state index contributed by atoms with van der Waals surface area (Å²) in [6.07, 6.45) is 2.62. The van der Waals surface area contributed by atoms with Gasteiger partial charge in [0.2, 0.25) is 5.91 Å². The molecule has 1 saturated heterocycles. The van der Waals surface area contributed by atoms with Gasteiger partial charge in [0.05, 0.1) is 19.3 Å². The van der Waals surface area contributed by atoms with Crippen LogP contribution in [-0.4, -0.2) is 67.7 Å². The van der Waals surface area contributed by atoms with Gasteiger partial charge in [-0.15, -0.1) is 11.3 Å². The Morgan fingerprint density at radius 3 is 2.73 bits per heavy atom. The van der Waals surface area contributed by atoms with E-state index >= 15 is 0 Å². The van der Waals surface area contributed by atoms with Crippen LogP contribution in [0.15, 0.2) is 66.0 Å². The van der Waals surface area contributed by atoms with E-state index in [0.29, 0.717) is 37.6 Å². The molecule has 7 nitrogen and oxygen atoms in total. The lowest BCUT2D eigenvalue weighted by Crippen LogP contribution is -2.49. The first-order valence-corrected chi connectivity index (χ1v) is 13.6. The second-order valence-electron chi connectivity index (χ2n) is 9.33. The van der Waals surface area contributed by atoms with E-state index in [1.54, 1.807) is 35.5 Å². The second kappa shape index (κ2) is 11.8. The summed E-state index contributed by atoms with van der Waals surface area (Å²) >= 11 is 1.71. The van der Waals surface area contributed by atoms with Crippen molar-refractivity contribution in [3.63, 3.8) is 0 Å². The predicted molar refractivity (Wildman–Crippen MR) is 142 cm³/mol. The fourth-order valence-electron chi connectivity index (χ4n) is 5.01. The number of hydrogen-bond donors (Lipinski definition) is 0. The van der Waals surface area contributed by atoms with Crippen LogP contribution in [0.4, 0.5) is 0 Å². The maximum Gasteiger partial charge on any atom is 0.254 e. The molecule has 8 heteroatoms. The summed E-state index contributed by atoms with van der Waals surface area (Å²) in [6, 6.07) is 18.5. The van der Waals surface area contributed by atoms with E-state index in [0.717, 1.165) is 30.6 Å². The molecule has 3 aromatic rings. The maximum absolute atomic E-state index is 13.8. The summed E-state index contributed by atoms with van der Waals surface area (Å²) in [5.74, 6) is 1.17. The van der Waals surface area contributed by atoms with Crippen LogP contribution < -0.4 is 9.47 Å². The molecule has 0 unspecified atom stereocenters. The first kappa shape index (κ1) is 25.3. The highest BCUT2D eigenvalue weighted by Gasteiger charge is 2.34. The normalized spacial score (nSPS) is 18.8. The van der Waals surface area contributed by atoms with Gasteiger partial charge in [-0.05, 0) is 60.5 Å². The molecule has 194 valence electrons. The largest absolute Gasteiger partial charge is 0.497 e. The van der Waals surface area contributed by atoms with E-state index in [1.165, 1.54) is 4.88 Å². The number of methoxy groups -OCH3 is 1. The summed E-state index contributed by atoms with van der Waals surface area (Å²) in [5, 5.41) is 2.07. The fourth-order valence-corrected chi connectivity index (χ4v) is 5.94. The molecular weight excluding hydrogens is 488 g/mol. The van der Waals surface area contributed by atoms with Crippen molar-refractivity contribution in [2.75, 3.05) is 40.0 Å². The van der Waals surface area contributed by atoms with Gasteiger partial charge in [0.1, 0.15) is 24.7 Å². The van der Waals surface area contributed by atoms with E-state index in [-0.39, 0.29) is 30.5 Å². The number of thiophene rings is 1. The number of benzene rings is 2. The van der Waals surface area contributed by atoms with E-state index in [9.17, 15) is 9.59 Å². The van der Waals surface area contributed by atoms with Crippen LogP contribution in [-0.2, 0) is 16.0 Å². The highest BCUT2D eigenvalue weighted by atomic mass is 32.1. The highest BCUT2D eigenvalue weighted by molar-refractivity contribution is 7.10. The predicted octanol–water partition coefficient (Wildman–Crippen LogP) is 4.58. The monoisotopic (exact) mass is 520 g/mol. The minimum Gasteiger partial charge on any atom is -0.497 e.